The van der Waals surface area contributed by atoms with Crippen molar-refractivity contribution in [3.05, 3.63) is 48.2 Å². The highest BCUT2D eigenvalue weighted by molar-refractivity contribution is 5.42. The number of aliphatic imine (C=N–C) groups is 1. The van der Waals surface area contributed by atoms with E-state index >= 15 is 0 Å². The number of isocyanates is 1. The van der Waals surface area contributed by atoms with Gasteiger partial charge in [-0.25, -0.2) is 4.79 Å². The van der Waals surface area contributed by atoms with E-state index in [1.165, 1.54) is 12.3 Å². The summed E-state index contributed by atoms with van der Waals surface area (Å²) in [5.41, 5.74) is 1.99. The molecule has 0 aromatic carbocycles. The van der Waals surface area contributed by atoms with E-state index in [2.05, 4.69) is 24.6 Å². The molecule has 0 atom stereocenters. The van der Waals surface area contributed by atoms with E-state index < -0.39 is 0 Å². The summed E-state index contributed by atoms with van der Waals surface area (Å²) in [5, 5.41) is 0. The summed E-state index contributed by atoms with van der Waals surface area (Å²) >= 11 is 0. The topological polar surface area (TPSA) is 29.4 Å². The molecule has 2 nitrogen and oxygen atoms in total. The standard InChI is InChI=1S/C12H15NO/c1-4-6-8-12(7-5-2)11(3)9-13-10-14/h4,6-9H,1,5H2,2-3H3/b8-6-,11-9-,12-7+. The van der Waals surface area contributed by atoms with E-state index in [1.807, 2.05) is 19.1 Å². The summed E-state index contributed by atoms with van der Waals surface area (Å²) in [6, 6.07) is 0. The molecule has 0 fully saturated rings. The van der Waals surface area contributed by atoms with Crippen molar-refractivity contribution in [1.29, 1.82) is 0 Å². The van der Waals surface area contributed by atoms with Gasteiger partial charge >= 0.3 is 0 Å². The molecule has 0 saturated heterocycles. The van der Waals surface area contributed by atoms with Crippen molar-refractivity contribution in [2.24, 2.45) is 4.99 Å². The molecule has 0 aromatic rings. The first kappa shape index (κ1) is 12.3. The molecule has 0 aromatic heterocycles. The van der Waals surface area contributed by atoms with Crippen molar-refractivity contribution in [3.63, 3.8) is 0 Å². The minimum atomic E-state index is 0.937. The lowest BCUT2D eigenvalue weighted by Crippen LogP contribution is -1.80. The molecule has 0 spiro atoms. The van der Waals surface area contributed by atoms with E-state index in [0.29, 0.717) is 0 Å². The van der Waals surface area contributed by atoms with Crippen LogP contribution >= 0.6 is 0 Å². The van der Waals surface area contributed by atoms with Gasteiger partial charge in [0.25, 0.3) is 0 Å². The molecule has 0 aliphatic carbocycles. The number of nitrogens with zero attached hydrogens (tertiary/aromatic N) is 1. The maximum absolute atomic E-state index is 9.91. The van der Waals surface area contributed by atoms with Gasteiger partial charge in [-0.2, -0.15) is 4.99 Å². The summed E-state index contributed by atoms with van der Waals surface area (Å²) in [4.78, 5) is 13.3. The Bertz CT molecular complexity index is 315. The van der Waals surface area contributed by atoms with Crippen LogP contribution in [0.2, 0.25) is 0 Å². The lowest BCUT2D eigenvalue weighted by Gasteiger charge is -1.99. The highest BCUT2D eigenvalue weighted by Gasteiger charge is 1.93. The second kappa shape index (κ2) is 7.96. The maximum atomic E-state index is 9.91. The highest BCUT2D eigenvalue weighted by Crippen LogP contribution is 2.11. The Kier molecular flexibility index (Phi) is 7.02. The lowest BCUT2D eigenvalue weighted by molar-refractivity contribution is 0.565. The lowest BCUT2D eigenvalue weighted by atomic mass is 10.1. The Hall–Kier alpha value is -1.66. The summed E-state index contributed by atoms with van der Waals surface area (Å²) in [6.45, 7) is 7.55. The van der Waals surface area contributed by atoms with E-state index in [4.69, 9.17) is 0 Å². The molecule has 0 heterocycles. The zero-order valence-electron chi connectivity index (χ0n) is 8.66. The third kappa shape index (κ3) is 5.07. The molecule has 0 radical (unpaired) electrons. The molecule has 0 bridgehead atoms. The molecule has 0 rings (SSSR count). The monoisotopic (exact) mass is 189 g/mol. The molecule has 2 heteroatoms. The summed E-state index contributed by atoms with van der Waals surface area (Å²) in [7, 11) is 0. The normalized spacial score (nSPS) is 12.7. The van der Waals surface area contributed by atoms with Gasteiger partial charge in [0.05, 0.1) is 0 Å². The third-order valence-electron chi connectivity index (χ3n) is 1.60. The second-order valence-electron chi connectivity index (χ2n) is 2.70. The molecular weight excluding hydrogens is 174 g/mol. The fourth-order valence-corrected chi connectivity index (χ4v) is 0.950. The predicted molar refractivity (Wildman–Crippen MR) is 59.6 cm³/mol. The average Bonchev–Trinajstić information content (AvgIpc) is 2.20. The second-order valence-corrected chi connectivity index (χ2v) is 2.70. The van der Waals surface area contributed by atoms with Crippen LogP contribution in [-0.2, 0) is 4.79 Å². The summed E-state index contributed by atoms with van der Waals surface area (Å²) in [5.74, 6) is 0. The van der Waals surface area contributed by atoms with Crippen molar-refractivity contribution in [1.82, 2.24) is 0 Å². The number of hydrogen-bond acceptors (Lipinski definition) is 2. The molecule has 0 aliphatic rings. The first-order chi connectivity index (χ1) is 6.76. The molecule has 0 aliphatic heterocycles. The zero-order valence-corrected chi connectivity index (χ0v) is 8.66. The van der Waals surface area contributed by atoms with Crippen molar-refractivity contribution in [2.75, 3.05) is 0 Å². The molecule has 0 unspecified atom stereocenters. The third-order valence-corrected chi connectivity index (χ3v) is 1.60. The van der Waals surface area contributed by atoms with Gasteiger partial charge < -0.3 is 0 Å². The number of carbonyl (C=O) groups excluding carboxylic acids is 1. The Balaban J connectivity index is 4.82. The fraction of sp³-hybridized carbons (Fsp3) is 0.250. The number of hydrogen-bond donors (Lipinski definition) is 0. The van der Waals surface area contributed by atoms with Crippen LogP contribution in [0.3, 0.4) is 0 Å². The van der Waals surface area contributed by atoms with Crippen molar-refractivity contribution < 1.29 is 4.79 Å². The number of rotatable bonds is 5. The van der Waals surface area contributed by atoms with Crippen LogP contribution < -0.4 is 0 Å². The molecule has 0 saturated carbocycles. The van der Waals surface area contributed by atoms with Gasteiger partial charge in [-0.15, -0.1) is 0 Å². The van der Waals surface area contributed by atoms with Crippen LogP contribution in [0.4, 0.5) is 0 Å². The first-order valence-electron chi connectivity index (χ1n) is 4.49. The van der Waals surface area contributed by atoms with Crippen LogP contribution in [0.5, 0.6) is 0 Å². The minimum Gasteiger partial charge on any atom is -0.211 e. The maximum Gasteiger partial charge on any atom is 0.239 e. The SMILES string of the molecule is C=C\C=C/C(=C\CC)C(/C)=C\N=C=O. The van der Waals surface area contributed by atoms with Crippen molar-refractivity contribution in [3.8, 4) is 0 Å². The largest absolute Gasteiger partial charge is 0.239 e. The average molecular weight is 189 g/mol. The van der Waals surface area contributed by atoms with Crippen molar-refractivity contribution >= 4 is 6.08 Å². The summed E-state index contributed by atoms with van der Waals surface area (Å²) < 4.78 is 0. The summed E-state index contributed by atoms with van der Waals surface area (Å²) in [6.07, 6.45) is 11.5. The molecule has 14 heavy (non-hydrogen) atoms. The molecule has 0 amide bonds. The Morgan fingerprint density at radius 3 is 2.79 bits per heavy atom. The zero-order chi connectivity index (χ0) is 10.8. The fourth-order valence-electron chi connectivity index (χ4n) is 0.950. The van der Waals surface area contributed by atoms with Gasteiger partial charge in [0, 0.05) is 6.20 Å². The number of allylic oxidation sites excluding steroid dienone is 6. The van der Waals surface area contributed by atoms with Crippen LogP contribution in [0.25, 0.3) is 0 Å². The smallest absolute Gasteiger partial charge is 0.211 e. The van der Waals surface area contributed by atoms with Gasteiger partial charge in [-0.3, -0.25) is 0 Å². The molecular formula is C12H15NO. The first-order valence-corrected chi connectivity index (χ1v) is 4.49. The van der Waals surface area contributed by atoms with E-state index in [0.717, 1.165) is 17.6 Å². The Labute approximate surface area is 85.1 Å². The van der Waals surface area contributed by atoms with Crippen molar-refractivity contribution in [2.45, 2.75) is 20.3 Å². The van der Waals surface area contributed by atoms with E-state index in [-0.39, 0.29) is 0 Å². The van der Waals surface area contributed by atoms with E-state index in [1.54, 1.807) is 6.08 Å². The van der Waals surface area contributed by atoms with Gasteiger partial charge in [-0.05, 0) is 24.5 Å². The van der Waals surface area contributed by atoms with E-state index in [9.17, 15) is 4.79 Å². The van der Waals surface area contributed by atoms with Crippen LogP contribution in [0, 0.1) is 0 Å². The van der Waals surface area contributed by atoms with Gasteiger partial charge in [0.2, 0.25) is 6.08 Å². The van der Waals surface area contributed by atoms with Gasteiger partial charge in [0.15, 0.2) is 0 Å². The minimum absolute atomic E-state index is 0.937. The Morgan fingerprint density at radius 1 is 1.57 bits per heavy atom. The van der Waals surface area contributed by atoms with Crippen LogP contribution in [0.15, 0.2) is 53.2 Å². The predicted octanol–water partition coefficient (Wildman–Crippen LogP) is 3.30. The van der Waals surface area contributed by atoms with Crippen LogP contribution in [-0.4, -0.2) is 6.08 Å². The molecule has 0 N–H and O–H groups in total. The molecule has 74 valence electrons. The highest BCUT2D eigenvalue weighted by atomic mass is 16.1. The van der Waals surface area contributed by atoms with Crippen LogP contribution in [0.1, 0.15) is 20.3 Å². The van der Waals surface area contributed by atoms with Gasteiger partial charge in [0.1, 0.15) is 0 Å². The quantitative estimate of drug-likeness (QED) is 0.370. The Morgan fingerprint density at radius 2 is 2.29 bits per heavy atom. The van der Waals surface area contributed by atoms with Gasteiger partial charge in [-0.1, -0.05) is 37.8 Å².